The van der Waals surface area contributed by atoms with Gasteiger partial charge in [-0.1, -0.05) is 59.3 Å². The number of nitrogens with one attached hydrogen (secondary N) is 1. The molecule has 2 aromatic heterocycles. The standard InChI is InChI=1S/C23H21N3OS2/c1-14-4-7-17(8-5-14)18-11-28-22-21(18)23(25-13-24-22)29-12-20(27)26-19-9-6-15(2)10-16(19)3/h4-11,13H,12H2,1-3H3,(H,26,27). The van der Waals surface area contributed by atoms with E-state index < -0.39 is 0 Å². The summed E-state index contributed by atoms with van der Waals surface area (Å²) in [6.45, 7) is 6.12. The highest BCUT2D eigenvalue weighted by Crippen LogP contribution is 2.37. The van der Waals surface area contributed by atoms with E-state index in [9.17, 15) is 4.79 Å². The fourth-order valence-corrected chi connectivity index (χ4v) is 4.97. The van der Waals surface area contributed by atoms with E-state index >= 15 is 0 Å². The number of thiophene rings is 1. The van der Waals surface area contributed by atoms with Crippen LogP contribution in [0.5, 0.6) is 0 Å². The minimum Gasteiger partial charge on any atom is -0.325 e. The molecule has 29 heavy (non-hydrogen) atoms. The van der Waals surface area contributed by atoms with Crippen LogP contribution in [0.15, 0.2) is 59.2 Å². The van der Waals surface area contributed by atoms with Gasteiger partial charge in [0, 0.05) is 16.6 Å². The Morgan fingerprint density at radius 3 is 2.55 bits per heavy atom. The lowest BCUT2D eigenvalue weighted by atomic mass is 10.1. The summed E-state index contributed by atoms with van der Waals surface area (Å²) in [5.74, 6) is 0.253. The molecule has 2 aromatic carbocycles. The largest absolute Gasteiger partial charge is 0.325 e. The topological polar surface area (TPSA) is 54.9 Å². The molecule has 1 amide bonds. The SMILES string of the molecule is Cc1ccc(-c2csc3ncnc(SCC(=O)Nc4ccc(C)cc4C)c23)cc1. The molecule has 0 unspecified atom stereocenters. The molecule has 0 spiro atoms. The highest BCUT2D eigenvalue weighted by Gasteiger charge is 2.15. The smallest absolute Gasteiger partial charge is 0.234 e. The third-order valence-electron chi connectivity index (χ3n) is 4.69. The lowest BCUT2D eigenvalue weighted by molar-refractivity contribution is -0.113. The van der Waals surface area contributed by atoms with Crippen molar-refractivity contribution in [2.45, 2.75) is 25.8 Å². The summed E-state index contributed by atoms with van der Waals surface area (Å²) < 4.78 is 0. The van der Waals surface area contributed by atoms with Crippen molar-refractivity contribution >= 4 is 44.9 Å². The third-order valence-corrected chi connectivity index (χ3v) is 6.57. The lowest BCUT2D eigenvalue weighted by Crippen LogP contribution is -2.15. The highest BCUT2D eigenvalue weighted by molar-refractivity contribution is 8.00. The Balaban J connectivity index is 1.55. The number of carbonyl (C=O) groups is 1. The normalized spacial score (nSPS) is 11.0. The van der Waals surface area contributed by atoms with Gasteiger partial charge in [-0.25, -0.2) is 9.97 Å². The number of carbonyl (C=O) groups excluding carboxylic acids is 1. The molecule has 146 valence electrons. The number of aryl methyl sites for hydroxylation is 3. The van der Waals surface area contributed by atoms with Crippen LogP contribution in [-0.4, -0.2) is 21.6 Å². The van der Waals surface area contributed by atoms with E-state index in [-0.39, 0.29) is 5.91 Å². The monoisotopic (exact) mass is 419 g/mol. The Labute approximate surface area is 178 Å². The number of fused-ring (bicyclic) bond motifs is 1. The van der Waals surface area contributed by atoms with Gasteiger partial charge in [0.1, 0.15) is 16.2 Å². The summed E-state index contributed by atoms with van der Waals surface area (Å²) >= 11 is 3.05. The van der Waals surface area contributed by atoms with Crippen LogP contribution >= 0.6 is 23.1 Å². The second kappa shape index (κ2) is 8.35. The number of thioether (sulfide) groups is 1. The summed E-state index contributed by atoms with van der Waals surface area (Å²) in [5, 5.41) is 6.97. The van der Waals surface area contributed by atoms with Gasteiger partial charge >= 0.3 is 0 Å². The van der Waals surface area contributed by atoms with Crippen LogP contribution in [0, 0.1) is 20.8 Å². The van der Waals surface area contributed by atoms with Gasteiger partial charge in [-0.15, -0.1) is 11.3 Å². The van der Waals surface area contributed by atoms with Crippen molar-refractivity contribution in [3.63, 3.8) is 0 Å². The highest BCUT2D eigenvalue weighted by atomic mass is 32.2. The predicted molar refractivity (Wildman–Crippen MR) is 123 cm³/mol. The number of hydrogen-bond acceptors (Lipinski definition) is 5. The molecule has 0 saturated heterocycles. The maximum Gasteiger partial charge on any atom is 0.234 e. The van der Waals surface area contributed by atoms with Crippen LogP contribution < -0.4 is 5.32 Å². The molecule has 0 aliphatic carbocycles. The molecule has 1 N–H and O–H groups in total. The van der Waals surface area contributed by atoms with Crippen LogP contribution in [0.4, 0.5) is 5.69 Å². The van der Waals surface area contributed by atoms with Crippen LogP contribution in [0.3, 0.4) is 0 Å². The minimum atomic E-state index is -0.0409. The molecule has 4 rings (SSSR count). The quantitative estimate of drug-likeness (QED) is 0.318. The maximum absolute atomic E-state index is 12.5. The molecule has 0 aliphatic heterocycles. The van der Waals surface area contributed by atoms with Gasteiger partial charge in [-0.2, -0.15) is 0 Å². The molecule has 0 aliphatic rings. The number of nitrogens with zero attached hydrogens (tertiary/aromatic N) is 2. The van der Waals surface area contributed by atoms with E-state index in [1.807, 2.05) is 26.0 Å². The Morgan fingerprint density at radius 2 is 1.79 bits per heavy atom. The van der Waals surface area contributed by atoms with E-state index in [0.29, 0.717) is 5.75 Å². The van der Waals surface area contributed by atoms with Crippen LogP contribution in [-0.2, 0) is 4.79 Å². The second-order valence-corrected chi connectivity index (χ2v) is 8.85. The molecule has 4 nitrogen and oxygen atoms in total. The lowest BCUT2D eigenvalue weighted by Gasteiger charge is -2.09. The van der Waals surface area contributed by atoms with E-state index in [1.54, 1.807) is 17.7 Å². The Hall–Kier alpha value is -2.70. The van der Waals surface area contributed by atoms with Crippen LogP contribution in [0.2, 0.25) is 0 Å². The van der Waals surface area contributed by atoms with Gasteiger partial charge in [0.05, 0.1) is 11.1 Å². The van der Waals surface area contributed by atoms with E-state index in [2.05, 4.69) is 57.9 Å². The number of hydrogen-bond donors (Lipinski definition) is 1. The van der Waals surface area contributed by atoms with E-state index in [4.69, 9.17) is 0 Å². The Morgan fingerprint density at radius 1 is 1.03 bits per heavy atom. The molecule has 4 aromatic rings. The van der Waals surface area contributed by atoms with Gasteiger partial charge in [-0.3, -0.25) is 4.79 Å². The zero-order valence-electron chi connectivity index (χ0n) is 16.5. The molecule has 0 fully saturated rings. The molecule has 0 atom stereocenters. The minimum absolute atomic E-state index is 0.0409. The molecule has 0 saturated carbocycles. The van der Waals surface area contributed by atoms with Gasteiger partial charge in [0.25, 0.3) is 0 Å². The average molecular weight is 420 g/mol. The van der Waals surface area contributed by atoms with Gasteiger partial charge in [-0.05, 0) is 38.0 Å². The number of rotatable bonds is 5. The molecule has 2 heterocycles. The first-order chi connectivity index (χ1) is 14.0. The Kier molecular flexibility index (Phi) is 5.65. The van der Waals surface area contributed by atoms with Crippen molar-refractivity contribution in [3.05, 3.63) is 70.9 Å². The summed E-state index contributed by atoms with van der Waals surface area (Å²) in [7, 11) is 0. The number of benzene rings is 2. The molecule has 6 heteroatoms. The first kappa shape index (κ1) is 19.6. The van der Waals surface area contributed by atoms with Gasteiger partial charge < -0.3 is 5.32 Å². The summed E-state index contributed by atoms with van der Waals surface area (Å²) in [6, 6.07) is 14.5. The van der Waals surface area contributed by atoms with Crippen LogP contribution in [0.25, 0.3) is 21.3 Å². The molecule has 0 radical (unpaired) electrons. The van der Waals surface area contributed by atoms with Crippen molar-refractivity contribution in [2.24, 2.45) is 0 Å². The molecular weight excluding hydrogens is 398 g/mol. The summed E-state index contributed by atoms with van der Waals surface area (Å²) in [6.07, 6.45) is 1.57. The third kappa shape index (κ3) is 4.33. The zero-order valence-corrected chi connectivity index (χ0v) is 18.2. The predicted octanol–water partition coefficient (Wildman–Crippen LogP) is 6.01. The van der Waals surface area contributed by atoms with Crippen molar-refractivity contribution in [3.8, 4) is 11.1 Å². The summed E-state index contributed by atoms with van der Waals surface area (Å²) in [5.41, 5.74) is 6.57. The zero-order chi connectivity index (χ0) is 20.4. The molecular formula is C23H21N3OS2. The van der Waals surface area contributed by atoms with Crippen molar-refractivity contribution in [2.75, 3.05) is 11.1 Å². The first-order valence-electron chi connectivity index (χ1n) is 9.30. The van der Waals surface area contributed by atoms with Crippen LogP contribution in [0.1, 0.15) is 16.7 Å². The maximum atomic E-state index is 12.5. The average Bonchev–Trinajstić information content (AvgIpc) is 3.14. The van der Waals surface area contributed by atoms with E-state index in [0.717, 1.165) is 37.6 Å². The molecule has 0 bridgehead atoms. The second-order valence-electron chi connectivity index (χ2n) is 7.03. The van der Waals surface area contributed by atoms with Crippen molar-refractivity contribution in [1.82, 2.24) is 9.97 Å². The number of anilines is 1. The summed E-state index contributed by atoms with van der Waals surface area (Å²) in [4.78, 5) is 22.3. The first-order valence-corrected chi connectivity index (χ1v) is 11.2. The fraction of sp³-hybridized carbons (Fsp3) is 0.174. The number of aromatic nitrogens is 2. The Bertz CT molecular complexity index is 1180. The van der Waals surface area contributed by atoms with Gasteiger partial charge in [0.15, 0.2) is 0 Å². The van der Waals surface area contributed by atoms with Crippen molar-refractivity contribution in [1.29, 1.82) is 0 Å². The van der Waals surface area contributed by atoms with E-state index in [1.165, 1.54) is 22.9 Å². The number of amides is 1. The van der Waals surface area contributed by atoms with Gasteiger partial charge in [0.2, 0.25) is 5.91 Å². The van der Waals surface area contributed by atoms with Crippen molar-refractivity contribution < 1.29 is 4.79 Å². The fourth-order valence-electron chi connectivity index (χ4n) is 3.18.